The highest BCUT2D eigenvalue weighted by Crippen LogP contribution is 2.29. The number of piperidine rings is 1. The van der Waals surface area contributed by atoms with Gasteiger partial charge in [-0.05, 0) is 48.2 Å². The fourth-order valence-electron chi connectivity index (χ4n) is 4.73. The number of amides is 2. The molecule has 7 nitrogen and oxygen atoms in total. The van der Waals surface area contributed by atoms with E-state index in [1.54, 1.807) is 23.4 Å². The van der Waals surface area contributed by atoms with Crippen molar-refractivity contribution >= 4 is 11.8 Å². The van der Waals surface area contributed by atoms with Gasteiger partial charge in [0.05, 0.1) is 25.2 Å². The van der Waals surface area contributed by atoms with Crippen LogP contribution in [0.5, 0.6) is 0 Å². The minimum atomic E-state index is -0.691. The molecule has 1 atom stereocenters. The first kappa shape index (κ1) is 24.1. The number of aromatic nitrogens is 2. The summed E-state index contributed by atoms with van der Waals surface area (Å²) in [6.45, 7) is 1.52. The van der Waals surface area contributed by atoms with E-state index in [4.69, 9.17) is 4.74 Å². The molecule has 10 heteroatoms. The molecule has 2 aromatic carbocycles. The van der Waals surface area contributed by atoms with E-state index in [0.717, 1.165) is 11.6 Å². The van der Waals surface area contributed by atoms with Gasteiger partial charge < -0.3 is 19.5 Å². The Morgan fingerprint density at radius 2 is 1.69 bits per heavy atom. The van der Waals surface area contributed by atoms with Crippen molar-refractivity contribution in [1.82, 2.24) is 19.8 Å². The van der Waals surface area contributed by atoms with E-state index in [0.29, 0.717) is 49.4 Å². The largest absolute Gasteiger partial charge is 0.365 e. The van der Waals surface area contributed by atoms with Gasteiger partial charge in [0.25, 0.3) is 5.91 Å². The lowest BCUT2D eigenvalue weighted by atomic mass is 9.95. The van der Waals surface area contributed by atoms with Crippen LogP contribution in [0.1, 0.15) is 46.3 Å². The zero-order valence-corrected chi connectivity index (χ0v) is 19.4. The fraction of sp³-hybridized carbons (Fsp3) is 0.346. The quantitative estimate of drug-likeness (QED) is 0.582. The van der Waals surface area contributed by atoms with Gasteiger partial charge in [-0.3, -0.25) is 9.59 Å². The zero-order chi connectivity index (χ0) is 25.2. The van der Waals surface area contributed by atoms with Crippen LogP contribution < -0.4 is 5.32 Å². The van der Waals surface area contributed by atoms with Crippen LogP contribution in [0.4, 0.5) is 13.2 Å². The topological polar surface area (TPSA) is 76.5 Å². The summed E-state index contributed by atoms with van der Waals surface area (Å²) >= 11 is 0. The minimum absolute atomic E-state index is 0.0341. The SMILES string of the molecule is O=C(NCc1cc(F)cc(F)c1)C1CCN(C(=O)c2ncn3c2COC(c2ccc(F)cc2)C3)CC1. The predicted molar refractivity (Wildman–Crippen MR) is 123 cm³/mol. The number of likely N-dealkylation sites (tertiary alicyclic amines) is 1. The molecule has 3 aromatic rings. The summed E-state index contributed by atoms with van der Waals surface area (Å²) in [6.07, 6.45) is 2.33. The van der Waals surface area contributed by atoms with Crippen LogP contribution in [0.15, 0.2) is 48.8 Å². The molecule has 1 unspecified atom stereocenters. The second-order valence-electron chi connectivity index (χ2n) is 9.11. The molecular formula is C26H25F3N4O3. The molecule has 1 saturated heterocycles. The molecule has 0 saturated carbocycles. The summed E-state index contributed by atoms with van der Waals surface area (Å²) in [6, 6.07) is 9.30. The van der Waals surface area contributed by atoms with Gasteiger partial charge in [0.15, 0.2) is 5.69 Å². The Balaban J connectivity index is 1.15. The van der Waals surface area contributed by atoms with Gasteiger partial charge in [-0.2, -0.15) is 0 Å². The van der Waals surface area contributed by atoms with E-state index in [2.05, 4.69) is 10.3 Å². The Morgan fingerprint density at radius 3 is 2.39 bits per heavy atom. The number of imidazole rings is 1. The number of hydrogen-bond donors (Lipinski definition) is 1. The normalized spacial score (nSPS) is 18.1. The maximum atomic E-state index is 13.3. The molecule has 1 N–H and O–H groups in total. The minimum Gasteiger partial charge on any atom is -0.365 e. The number of carbonyl (C=O) groups is 2. The van der Waals surface area contributed by atoms with Crippen LogP contribution in [-0.2, 0) is 29.2 Å². The highest BCUT2D eigenvalue weighted by atomic mass is 19.1. The van der Waals surface area contributed by atoms with Crippen LogP contribution in [-0.4, -0.2) is 39.4 Å². The fourth-order valence-corrected chi connectivity index (χ4v) is 4.73. The maximum Gasteiger partial charge on any atom is 0.274 e. The average molecular weight is 499 g/mol. The first-order valence-electron chi connectivity index (χ1n) is 11.8. The molecule has 3 heterocycles. The smallest absolute Gasteiger partial charge is 0.274 e. The van der Waals surface area contributed by atoms with Crippen LogP contribution in [0.25, 0.3) is 0 Å². The number of fused-ring (bicyclic) bond motifs is 1. The Bertz CT molecular complexity index is 1250. The van der Waals surface area contributed by atoms with Crippen molar-refractivity contribution in [3.8, 4) is 0 Å². The standard InChI is InChI=1S/C26H25F3N4O3/c27-19-3-1-17(2-4-19)23-13-33-15-31-24(22(33)14-36-23)26(35)32-7-5-18(6-8-32)25(34)30-12-16-9-20(28)11-21(29)10-16/h1-4,9-11,15,18,23H,5-8,12-14H2,(H,30,34). The second-order valence-corrected chi connectivity index (χ2v) is 9.11. The van der Waals surface area contributed by atoms with E-state index < -0.39 is 11.6 Å². The maximum absolute atomic E-state index is 13.3. The predicted octanol–water partition coefficient (Wildman–Crippen LogP) is 3.74. The van der Waals surface area contributed by atoms with Crippen molar-refractivity contribution in [3.63, 3.8) is 0 Å². The molecular weight excluding hydrogens is 473 g/mol. The van der Waals surface area contributed by atoms with Crippen LogP contribution >= 0.6 is 0 Å². The highest BCUT2D eigenvalue weighted by Gasteiger charge is 2.32. The van der Waals surface area contributed by atoms with Gasteiger partial charge >= 0.3 is 0 Å². The Morgan fingerprint density at radius 1 is 1.00 bits per heavy atom. The molecule has 0 radical (unpaired) electrons. The molecule has 5 rings (SSSR count). The number of nitrogens with one attached hydrogen (secondary N) is 1. The third-order valence-electron chi connectivity index (χ3n) is 6.72. The first-order valence-corrected chi connectivity index (χ1v) is 11.8. The summed E-state index contributed by atoms with van der Waals surface area (Å²) in [7, 11) is 0. The highest BCUT2D eigenvalue weighted by molar-refractivity contribution is 5.93. The summed E-state index contributed by atoms with van der Waals surface area (Å²) in [5, 5.41) is 2.73. The van der Waals surface area contributed by atoms with Crippen molar-refractivity contribution in [3.05, 3.63) is 88.8 Å². The number of halogens is 3. The molecule has 1 aromatic heterocycles. The number of benzene rings is 2. The van der Waals surface area contributed by atoms with Gasteiger partial charge in [-0.1, -0.05) is 12.1 Å². The molecule has 1 fully saturated rings. The van der Waals surface area contributed by atoms with E-state index in [1.165, 1.54) is 24.3 Å². The van der Waals surface area contributed by atoms with Gasteiger partial charge in [-0.25, -0.2) is 18.2 Å². The lowest BCUT2D eigenvalue weighted by molar-refractivity contribution is -0.126. The molecule has 2 aliphatic rings. The number of rotatable bonds is 5. The number of hydrogen-bond acceptors (Lipinski definition) is 4. The third kappa shape index (κ3) is 5.13. The molecule has 2 aliphatic heterocycles. The Labute approximate surface area is 205 Å². The van der Waals surface area contributed by atoms with Gasteiger partial charge in [0, 0.05) is 31.6 Å². The number of carbonyl (C=O) groups excluding carboxylic acids is 2. The third-order valence-corrected chi connectivity index (χ3v) is 6.72. The second kappa shape index (κ2) is 10.1. The number of ether oxygens (including phenoxy) is 1. The van der Waals surface area contributed by atoms with E-state index >= 15 is 0 Å². The van der Waals surface area contributed by atoms with Crippen LogP contribution in [0.3, 0.4) is 0 Å². The molecule has 36 heavy (non-hydrogen) atoms. The van der Waals surface area contributed by atoms with Crippen molar-refractivity contribution in [2.24, 2.45) is 5.92 Å². The number of nitrogens with zero attached hydrogens (tertiary/aromatic N) is 3. The van der Waals surface area contributed by atoms with Crippen molar-refractivity contribution in [1.29, 1.82) is 0 Å². The molecule has 0 bridgehead atoms. The van der Waals surface area contributed by atoms with Crippen molar-refractivity contribution in [2.75, 3.05) is 13.1 Å². The lowest BCUT2D eigenvalue weighted by Gasteiger charge is -2.31. The monoisotopic (exact) mass is 498 g/mol. The van der Waals surface area contributed by atoms with Crippen molar-refractivity contribution in [2.45, 2.75) is 38.6 Å². The summed E-state index contributed by atoms with van der Waals surface area (Å²) < 4.78 is 47.7. The Hall–Kier alpha value is -3.66. The summed E-state index contributed by atoms with van der Waals surface area (Å²) in [4.78, 5) is 31.7. The van der Waals surface area contributed by atoms with E-state index in [1.807, 2.05) is 4.57 Å². The summed E-state index contributed by atoms with van der Waals surface area (Å²) in [5.41, 5.74) is 2.23. The Kier molecular flexibility index (Phi) is 6.77. The zero-order valence-electron chi connectivity index (χ0n) is 19.4. The molecule has 0 spiro atoms. The van der Waals surface area contributed by atoms with Crippen LogP contribution in [0.2, 0.25) is 0 Å². The molecule has 188 valence electrons. The molecule has 0 aliphatic carbocycles. The van der Waals surface area contributed by atoms with Gasteiger partial charge in [0.2, 0.25) is 5.91 Å². The van der Waals surface area contributed by atoms with Crippen molar-refractivity contribution < 1.29 is 27.5 Å². The van der Waals surface area contributed by atoms with Gasteiger partial charge in [-0.15, -0.1) is 0 Å². The van der Waals surface area contributed by atoms with Gasteiger partial charge in [0.1, 0.15) is 23.6 Å². The van der Waals surface area contributed by atoms with E-state index in [-0.39, 0.29) is 42.8 Å². The average Bonchev–Trinajstić information content (AvgIpc) is 3.30. The molecule has 2 amide bonds. The summed E-state index contributed by atoms with van der Waals surface area (Å²) in [5.74, 6) is -2.39. The first-order chi connectivity index (χ1) is 17.4. The lowest BCUT2D eigenvalue weighted by Crippen LogP contribution is -2.43. The van der Waals surface area contributed by atoms with E-state index in [9.17, 15) is 22.8 Å². The van der Waals surface area contributed by atoms with Crippen LogP contribution in [0, 0.1) is 23.4 Å².